The van der Waals surface area contributed by atoms with Crippen LogP contribution < -0.4 is 11.1 Å². The Morgan fingerprint density at radius 2 is 2.22 bits per heavy atom. The molecule has 1 unspecified atom stereocenters. The van der Waals surface area contributed by atoms with E-state index in [1.165, 1.54) is 0 Å². The van der Waals surface area contributed by atoms with Crippen LogP contribution in [0.1, 0.15) is 26.8 Å². The first-order chi connectivity index (χ1) is 10.6. The first-order valence-electron chi connectivity index (χ1n) is 7.21. The number of nitrogens with two attached hydrogens (primary N) is 1. The lowest BCUT2D eigenvalue weighted by atomic mass is 10.0. The van der Waals surface area contributed by atoms with Gasteiger partial charge in [0, 0.05) is 47.5 Å². The first kappa shape index (κ1) is 18.2. The van der Waals surface area contributed by atoms with Crippen LogP contribution in [0.15, 0.2) is 35.7 Å². The normalized spacial score (nSPS) is 18.4. The third-order valence-corrected chi connectivity index (χ3v) is 5.18. The predicted octanol–water partition coefficient (Wildman–Crippen LogP) is 3.07. The predicted molar refractivity (Wildman–Crippen MR) is 97.6 cm³/mol. The number of amides is 1. The van der Waals surface area contributed by atoms with Gasteiger partial charge in [-0.2, -0.15) is 0 Å². The van der Waals surface area contributed by atoms with E-state index in [0.29, 0.717) is 5.56 Å². The van der Waals surface area contributed by atoms with Crippen molar-refractivity contribution in [1.29, 1.82) is 0 Å². The van der Waals surface area contributed by atoms with Gasteiger partial charge in [-0.3, -0.25) is 9.69 Å². The number of halogens is 2. The molecule has 0 bridgehead atoms. The molecule has 1 atom stereocenters. The van der Waals surface area contributed by atoms with E-state index in [1.807, 2.05) is 29.6 Å². The molecule has 3 rings (SSSR count). The van der Waals surface area contributed by atoms with Crippen molar-refractivity contribution < 1.29 is 4.79 Å². The Morgan fingerprint density at radius 1 is 1.43 bits per heavy atom. The topological polar surface area (TPSA) is 58.4 Å². The average molecular weight is 372 g/mol. The number of rotatable bonds is 4. The summed E-state index contributed by atoms with van der Waals surface area (Å²) >= 11 is 7.94. The summed E-state index contributed by atoms with van der Waals surface area (Å²) < 4.78 is 0. The lowest BCUT2D eigenvalue weighted by Crippen LogP contribution is -2.45. The van der Waals surface area contributed by atoms with Crippen LogP contribution in [0.4, 0.5) is 0 Å². The number of carbonyl (C=O) groups excluding carboxylic acids is 1. The fourth-order valence-corrected chi connectivity index (χ4v) is 3.94. The van der Waals surface area contributed by atoms with Crippen molar-refractivity contribution in [3.63, 3.8) is 0 Å². The molecule has 1 amide bonds. The number of benzene rings is 1. The molecule has 1 aromatic carbocycles. The summed E-state index contributed by atoms with van der Waals surface area (Å²) in [4.78, 5) is 14.8. The quantitative estimate of drug-likeness (QED) is 0.867. The summed E-state index contributed by atoms with van der Waals surface area (Å²) in [6.07, 6.45) is 0. The highest BCUT2D eigenvalue weighted by molar-refractivity contribution is 7.10. The minimum atomic E-state index is -0.370. The Balaban J connectivity index is 0.00000192. The molecule has 0 spiro atoms. The molecule has 1 aliphatic heterocycles. The van der Waals surface area contributed by atoms with Crippen molar-refractivity contribution in [1.82, 2.24) is 10.2 Å². The molecule has 1 aliphatic rings. The number of piperazine rings is 1. The Labute approximate surface area is 151 Å². The van der Waals surface area contributed by atoms with Crippen LogP contribution in [0.5, 0.6) is 0 Å². The van der Waals surface area contributed by atoms with Gasteiger partial charge in [0.25, 0.3) is 0 Å². The number of thiophene rings is 1. The molecular weight excluding hydrogens is 353 g/mol. The molecule has 2 aromatic rings. The molecule has 0 radical (unpaired) electrons. The van der Waals surface area contributed by atoms with Crippen LogP contribution >= 0.6 is 35.3 Å². The van der Waals surface area contributed by atoms with E-state index in [-0.39, 0.29) is 24.4 Å². The Kier molecular flexibility index (Phi) is 6.44. The summed E-state index contributed by atoms with van der Waals surface area (Å²) in [5, 5.41) is 6.05. The number of nitrogens with zero attached hydrogens (tertiary/aromatic N) is 1. The van der Waals surface area contributed by atoms with E-state index in [2.05, 4.69) is 16.3 Å². The van der Waals surface area contributed by atoms with Gasteiger partial charge in [0.1, 0.15) is 0 Å². The molecule has 1 aromatic heterocycles. The van der Waals surface area contributed by atoms with Gasteiger partial charge >= 0.3 is 0 Å². The van der Waals surface area contributed by atoms with Gasteiger partial charge in [-0.15, -0.1) is 23.7 Å². The third kappa shape index (κ3) is 4.25. The highest BCUT2D eigenvalue weighted by Gasteiger charge is 2.25. The largest absolute Gasteiger partial charge is 0.366 e. The van der Waals surface area contributed by atoms with E-state index >= 15 is 0 Å². The fourth-order valence-electron chi connectivity index (χ4n) is 2.78. The fraction of sp³-hybridized carbons (Fsp3) is 0.312. The van der Waals surface area contributed by atoms with Gasteiger partial charge in [-0.25, -0.2) is 0 Å². The third-order valence-electron chi connectivity index (χ3n) is 3.92. The van der Waals surface area contributed by atoms with Crippen LogP contribution in [-0.2, 0) is 6.54 Å². The monoisotopic (exact) mass is 371 g/mol. The molecule has 124 valence electrons. The minimum Gasteiger partial charge on any atom is -0.366 e. The van der Waals surface area contributed by atoms with Crippen molar-refractivity contribution >= 4 is 41.3 Å². The van der Waals surface area contributed by atoms with Crippen molar-refractivity contribution in [3.05, 3.63) is 56.7 Å². The highest BCUT2D eigenvalue weighted by atomic mass is 35.5. The maximum atomic E-state index is 11.2. The van der Waals surface area contributed by atoms with Crippen LogP contribution in [0.25, 0.3) is 0 Å². The van der Waals surface area contributed by atoms with Crippen LogP contribution in [0.2, 0.25) is 5.02 Å². The Bertz CT molecular complexity index is 677. The molecule has 4 nitrogen and oxygen atoms in total. The van der Waals surface area contributed by atoms with Gasteiger partial charge in [0.15, 0.2) is 0 Å². The van der Waals surface area contributed by atoms with E-state index in [0.717, 1.165) is 41.6 Å². The zero-order chi connectivity index (χ0) is 15.5. The van der Waals surface area contributed by atoms with Crippen LogP contribution in [0, 0.1) is 0 Å². The summed E-state index contributed by atoms with van der Waals surface area (Å²) in [6.45, 7) is 3.57. The lowest BCUT2D eigenvalue weighted by Gasteiger charge is -2.36. The standard InChI is InChI=1S/C16H18ClN3OS.ClH/c17-14-4-2-1-3-13(14)15-8-19-5-6-20(15)9-12-7-11(10-22-12)16(18)21;/h1-4,7,10,15,19H,5-6,8-9H2,(H2,18,21);1H. The number of carbonyl (C=O) groups is 1. The smallest absolute Gasteiger partial charge is 0.249 e. The summed E-state index contributed by atoms with van der Waals surface area (Å²) in [7, 11) is 0. The SMILES string of the molecule is Cl.NC(=O)c1csc(CN2CCNCC2c2ccccc2Cl)c1. The number of hydrogen-bond donors (Lipinski definition) is 2. The Morgan fingerprint density at radius 3 is 2.91 bits per heavy atom. The van der Waals surface area contributed by atoms with E-state index < -0.39 is 0 Å². The molecule has 23 heavy (non-hydrogen) atoms. The molecule has 1 fully saturated rings. The molecule has 0 aliphatic carbocycles. The number of hydrogen-bond acceptors (Lipinski definition) is 4. The molecule has 0 saturated carbocycles. The highest BCUT2D eigenvalue weighted by Crippen LogP contribution is 2.30. The maximum Gasteiger partial charge on any atom is 0.249 e. The maximum absolute atomic E-state index is 11.2. The second-order valence-corrected chi connectivity index (χ2v) is 6.78. The summed E-state index contributed by atoms with van der Waals surface area (Å²) in [6, 6.07) is 10.1. The second-order valence-electron chi connectivity index (χ2n) is 5.38. The molecule has 7 heteroatoms. The van der Waals surface area contributed by atoms with Crippen molar-refractivity contribution in [2.45, 2.75) is 12.6 Å². The molecule has 1 saturated heterocycles. The zero-order valence-electron chi connectivity index (χ0n) is 12.5. The zero-order valence-corrected chi connectivity index (χ0v) is 14.9. The first-order valence-corrected chi connectivity index (χ1v) is 8.47. The van der Waals surface area contributed by atoms with Crippen molar-refractivity contribution in [2.75, 3.05) is 19.6 Å². The molecule has 2 heterocycles. The van der Waals surface area contributed by atoms with Gasteiger partial charge < -0.3 is 11.1 Å². The van der Waals surface area contributed by atoms with Gasteiger partial charge in [0.05, 0.1) is 5.56 Å². The van der Waals surface area contributed by atoms with Gasteiger partial charge in [-0.05, 0) is 17.7 Å². The van der Waals surface area contributed by atoms with E-state index in [4.69, 9.17) is 17.3 Å². The summed E-state index contributed by atoms with van der Waals surface area (Å²) in [5.74, 6) is -0.370. The van der Waals surface area contributed by atoms with Crippen molar-refractivity contribution in [2.24, 2.45) is 5.73 Å². The number of primary amides is 1. The van der Waals surface area contributed by atoms with Gasteiger partial charge in [0.2, 0.25) is 5.91 Å². The van der Waals surface area contributed by atoms with E-state index in [1.54, 1.807) is 11.3 Å². The molecular formula is C16H19Cl2N3OS. The average Bonchev–Trinajstić information content (AvgIpc) is 2.97. The van der Waals surface area contributed by atoms with E-state index in [9.17, 15) is 4.79 Å². The van der Waals surface area contributed by atoms with Gasteiger partial charge in [-0.1, -0.05) is 29.8 Å². The number of nitrogens with one attached hydrogen (secondary N) is 1. The van der Waals surface area contributed by atoms with Crippen LogP contribution in [-0.4, -0.2) is 30.4 Å². The van der Waals surface area contributed by atoms with Crippen molar-refractivity contribution in [3.8, 4) is 0 Å². The Hall–Kier alpha value is -1.11. The molecule has 3 N–H and O–H groups in total. The lowest BCUT2D eigenvalue weighted by molar-refractivity contribution is 0.100. The second kappa shape index (κ2) is 8.13. The summed E-state index contributed by atoms with van der Waals surface area (Å²) in [5.41, 5.74) is 7.05. The minimum absolute atomic E-state index is 0. The van der Waals surface area contributed by atoms with Crippen LogP contribution in [0.3, 0.4) is 0 Å².